The number of halogens is 3. The number of benzene rings is 1. The number of nitrogens with zero attached hydrogens (tertiary/aromatic N) is 4. The second-order valence-electron chi connectivity index (χ2n) is 7.31. The Bertz CT molecular complexity index is 979. The number of nitrogens with one attached hydrogen (secondary N) is 2. The molecule has 9 heteroatoms. The lowest BCUT2D eigenvalue weighted by atomic mass is 10.1. The van der Waals surface area contributed by atoms with Crippen LogP contribution in [0.15, 0.2) is 42.6 Å². The van der Waals surface area contributed by atoms with Gasteiger partial charge in [0.1, 0.15) is 5.82 Å². The molecule has 0 spiro atoms. The fourth-order valence-corrected chi connectivity index (χ4v) is 3.60. The van der Waals surface area contributed by atoms with Crippen LogP contribution in [0.1, 0.15) is 24.8 Å². The average molecular weight is 416 g/mol. The minimum atomic E-state index is -4.41. The van der Waals surface area contributed by atoms with Crippen molar-refractivity contribution in [1.82, 2.24) is 25.1 Å². The summed E-state index contributed by atoms with van der Waals surface area (Å²) in [5.41, 5.74) is 0.300. The maximum atomic E-state index is 13.0. The Morgan fingerprint density at radius 2 is 1.93 bits per heavy atom. The number of aromatic amines is 1. The lowest BCUT2D eigenvalue weighted by Crippen LogP contribution is -2.22. The number of anilines is 1. The van der Waals surface area contributed by atoms with Crippen LogP contribution in [0.2, 0.25) is 0 Å². The zero-order valence-electron chi connectivity index (χ0n) is 16.4. The Morgan fingerprint density at radius 3 is 2.73 bits per heavy atom. The Hall–Kier alpha value is -2.94. The van der Waals surface area contributed by atoms with Gasteiger partial charge in [-0.3, -0.25) is 5.10 Å². The van der Waals surface area contributed by atoms with Crippen molar-refractivity contribution in [2.45, 2.75) is 25.4 Å². The molecule has 1 aliphatic rings. The molecule has 2 N–H and O–H groups in total. The Balaban J connectivity index is 1.47. The van der Waals surface area contributed by atoms with E-state index in [0.29, 0.717) is 17.2 Å². The van der Waals surface area contributed by atoms with E-state index in [-0.39, 0.29) is 5.82 Å². The molecule has 0 radical (unpaired) electrons. The van der Waals surface area contributed by atoms with Crippen LogP contribution >= 0.6 is 0 Å². The highest BCUT2D eigenvalue weighted by atomic mass is 19.4. The zero-order valence-corrected chi connectivity index (χ0v) is 16.4. The summed E-state index contributed by atoms with van der Waals surface area (Å²) in [7, 11) is 0. The predicted molar refractivity (Wildman–Crippen MR) is 109 cm³/mol. The normalized spacial score (nSPS) is 14.9. The number of aromatic nitrogens is 4. The molecule has 3 aromatic rings. The molecule has 0 saturated carbocycles. The van der Waals surface area contributed by atoms with E-state index in [9.17, 15) is 13.2 Å². The molecule has 158 valence electrons. The van der Waals surface area contributed by atoms with Gasteiger partial charge in [-0.1, -0.05) is 12.1 Å². The number of likely N-dealkylation sites (tertiary alicyclic amines) is 1. The van der Waals surface area contributed by atoms with Crippen LogP contribution in [-0.2, 0) is 6.18 Å². The highest BCUT2D eigenvalue weighted by molar-refractivity contribution is 5.71. The van der Waals surface area contributed by atoms with Crippen molar-refractivity contribution in [2.75, 3.05) is 31.5 Å². The van der Waals surface area contributed by atoms with E-state index >= 15 is 0 Å². The molecule has 6 nitrogen and oxygen atoms in total. The smallest absolute Gasteiger partial charge is 0.369 e. The first-order chi connectivity index (χ1) is 14.5. The largest absolute Gasteiger partial charge is 0.416 e. The molecule has 0 aliphatic carbocycles. The van der Waals surface area contributed by atoms with Gasteiger partial charge in [-0.05, 0) is 63.2 Å². The number of hydrogen-bond donors (Lipinski definition) is 2. The molecular weight excluding hydrogens is 393 g/mol. The highest BCUT2D eigenvalue weighted by Gasteiger charge is 2.30. The van der Waals surface area contributed by atoms with Crippen molar-refractivity contribution in [3.63, 3.8) is 0 Å². The van der Waals surface area contributed by atoms with E-state index in [0.717, 1.165) is 37.2 Å². The second-order valence-corrected chi connectivity index (χ2v) is 7.31. The van der Waals surface area contributed by atoms with Gasteiger partial charge in [0.25, 0.3) is 0 Å². The van der Waals surface area contributed by atoms with E-state index < -0.39 is 11.7 Å². The van der Waals surface area contributed by atoms with Gasteiger partial charge in [-0.2, -0.15) is 18.3 Å². The summed E-state index contributed by atoms with van der Waals surface area (Å²) >= 11 is 0. The van der Waals surface area contributed by atoms with Crippen molar-refractivity contribution >= 4 is 5.82 Å². The van der Waals surface area contributed by atoms with Gasteiger partial charge < -0.3 is 10.2 Å². The molecule has 1 saturated heterocycles. The molecule has 1 aromatic carbocycles. The van der Waals surface area contributed by atoms with Crippen LogP contribution in [0, 0.1) is 0 Å². The molecule has 2 aromatic heterocycles. The van der Waals surface area contributed by atoms with E-state index in [1.165, 1.54) is 32.0 Å². The molecular formula is C21H23F3N6. The monoisotopic (exact) mass is 416 g/mol. The summed E-state index contributed by atoms with van der Waals surface area (Å²) in [6.45, 7) is 4.17. The summed E-state index contributed by atoms with van der Waals surface area (Å²) < 4.78 is 39.0. The average Bonchev–Trinajstić information content (AvgIpc) is 3.43. The van der Waals surface area contributed by atoms with Crippen LogP contribution < -0.4 is 5.32 Å². The van der Waals surface area contributed by atoms with Gasteiger partial charge in [0.05, 0.1) is 11.1 Å². The molecule has 0 amide bonds. The van der Waals surface area contributed by atoms with Crippen LogP contribution in [-0.4, -0.2) is 51.2 Å². The summed E-state index contributed by atoms with van der Waals surface area (Å²) in [6.07, 6.45) is 0.831. The summed E-state index contributed by atoms with van der Waals surface area (Å²) in [4.78, 5) is 11.3. The van der Waals surface area contributed by atoms with Gasteiger partial charge in [-0.15, -0.1) is 0 Å². The lowest BCUT2D eigenvalue weighted by Gasteiger charge is -2.15. The Kier molecular flexibility index (Phi) is 5.98. The van der Waals surface area contributed by atoms with Gasteiger partial charge in [0.2, 0.25) is 0 Å². The van der Waals surface area contributed by atoms with E-state index in [2.05, 4.69) is 30.4 Å². The highest BCUT2D eigenvalue weighted by Crippen LogP contribution is 2.32. The lowest BCUT2D eigenvalue weighted by molar-refractivity contribution is -0.137. The van der Waals surface area contributed by atoms with Gasteiger partial charge >= 0.3 is 6.18 Å². The van der Waals surface area contributed by atoms with Crippen molar-refractivity contribution < 1.29 is 13.2 Å². The summed E-state index contributed by atoms with van der Waals surface area (Å²) in [5.74, 6) is 1.34. The molecule has 30 heavy (non-hydrogen) atoms. The first-order valence-corrected chi connectivity index (χ1v) is 10.0. The third-order valence-corrected chi connectivity index (χ3v) is 5.14. The van der Waals surface area contributed by atoms with Crippen LogP contribution in [0.3, 0.4) is 0 Å². The van der Waals surface area contributed by atoms with Gasteiger partial charge in [0, 0.05) is 18.3 Å². The van der Waals surface area contributed by atoms with Crippen molar-refractivity contribution in [3.8, 4) is 22.8 Å². The van der Waals surface area contributed by atoms with Gasteiger partial charge in [0.15, 0.2) is 11.6 Å². The Labute approximate surface area is 172 Å². The quantitative estimate of drug-likeness (QED) is 0.557. The standard InChI is InChI=1S/C21H23F3N6/c22-21(23,24)16-7-3-6-15(14-16)18-27-20(29-28-18)17-8-4-9-25-19(17)26-10-5-13-30-11-1-2-12-30/h3-4,6-9,14H,1-2,5,10-13H2,(H,25,26)(H,27,28,29). The third-order valence-electron chi connectivity index (χ3n) is 5.14. The van der Waals surface area contributed by atoms with Crippen LogP contribution in [0.4, 0.5) is 19.0 Å². The third kappa shape index (κ3) is 4.79. The molecule has 0 bridgehead atoms. The molecule has 0 atom stereocenters. The molecule has 1 aliphatic heterocycles. The fraction of sp³-hybridized carbons (Fsp3) is 0.381. The van der Waals surface area contributed by atoms with Crippen LogP contribution in [0.25, 0.3) is 22.8 Å². The summed E-state index contributed by atoms with van der Waals surface area (Å²) in [6, 6.07) is 8.63. The minimum Gasteiger partial charge on any atom is -0.369 e. The van der Waals surface area contributed by atoms with Crippen molar-refractivity contribution in [1.29, 1.82) is 0 Å². The molecule has 1 fully saturated rings. The SMILES string of the molecule is FC(F)(F)c1cccc(-c2n[nH]c(-c3cccnc3NCCCN3CCCC3)n2)c1. The van der Waals surface area contributed by atoms with Gasteiger partial charge in [-0.25, -0.2) is 9.97 Å². The summed E-state index contributed by atoms with van der Waals surface area (Å²) in [5, 5.41) is 10.3. The fourth-order valence-electron chi connectivity index (χ4n) is 3.60. The number of pyridine rings is 1. The van der Waals surface area contributed by atoms with Crippen LogP contribution in [0.5, 0.6) is 0 Å². The molecule has 0 unspecified atom stereocenters. The van der Waals surface area contributed by atoms with E-state index in [1.807, 2.05) is 6.07 Å². The van der Waals surface area contributed by atoms with E-state index in [4.69, 9.17) is 0 Å². The second kappa shape index (κ2) is 8.83. The first-order valence-electron chi connectivity index (χ1n) is 10.0. The minimum absolute atomic E-state index is 0.208. The molecule has 3 heterocycles. The zero-order chi connectivity index (χ0) is 21.0. The molecule has 4 rings (SSSR count). The van der Waals surface area contributed by atoms with Crippen molar-refractivity contribution in [2.24, 2.45) is 0 Å². The van der Waals surface area contributed by atoms with Crippen molar-refractivity contribution in [3.05, 3.63) is 48.2 Å². The maximum Gasteiger partial charge on any atom is 0.416 e. The predicted octanol–water partition coefficient (Wildman–Crippen LogP) is 4.45. The number of hydrogen-bond acceptors (Lipinski definition) is 5. The topological polar surface area (TPSA) is 69.7 Å². The maximum absolute atomic E-state index is 13.0. The number of alkyl halides is 3. The number of H-pyrrole nitrogens is 1. The first kappa shape index (κ1) is 20.3. The van der Waals surface area contributed by atoms with E-state index in [1.54, 1.807) is 18.3 Å². The number of rotatable bonds is 7. The Morgan fingerprint density at radius 1 is 1.10 bits per heavy atom.